The van der Waals surface area contributed by atoms with Gasteiger partial charge in [-0.1, -0.05) is 239 Å². The smallest absolute Gasteiger partial charge is 0.306 e. The predicted molar refractivity (Wildman–Crippen MR) is 316 cm³/mol. The van der Waals surface area contributed by atoms with Gasteiger partial charge in [0.25, 0.3) is 0 Å². The minimum absolute atomic E-state index is 0.0958. The van der Waals surface area contributed by atoms with Gasteiger partial charge in [0.15, 0.2) is 6.10 Å². The van der Waals surface area contributed by atoms with Crippen LogP contribution in [0.2, 0.25) is 0 Å². The van der Waals surface area contributed by atoms with E-state index in [0.29, 0.717) is 19.3 Å². The highest BCUT2D eigenvalue weighted by atomic mass is 16.6. The maximum Gasteiger partial charge on any atom is 0.306 e. The zero-order chi connectivity index (χ0) is 52.9. The summed E-state index contributed by atoms with van der Waals surface area (Å²) >= 11 is 0. The Balaban J connectivity index is 4.47. The highest BCUT2D eigenvalue weighted by Gasteiger charge is 2.19. The summed E-state index contributed by atoms with van der Waals surface area (Å²) in [4.78, 5) is 38.3. The Morgan fingerprint density at radius 1 is 0.288 bits per heavy atom. The van der Waals surface area contributed by atoms with E-state index in [0.717, 1.165) is 122 Å². The first kappa shape index (κ1) is 69.1. The quantitative estimate of drug-likeness (QED) is 0.0261. The molecule has 0 amide bonds. The van der Waals surface area contributed by atoms with Crippen molar-refractivity contribution < 1.29 is 28.6 Å². The highest BCUT2D eigenvalue weighted by Crippen LogP contribution is 2.15. The number of ether oxygens (including phenoxy) is 3. The lowest BCUT2D eigenvalue weighted by molar-refractivity contribution is -0.167. The number of esters is 3. The van der Waals surface area contributed by atoms with Gasteiger partial charge in [0.1, 0.15) is 13.2 Å². The third kappa shape index (κ3) is 58.8. The molecule has 6 nitrogen and oxygen atoms in total. The zero-order valence-corrected chi connectivity index (χ0v) is 47.6. The average Bonchev–Trinajstić information content (AvgIpc) is 3.39. The molecule has 0 aromatic rings. The predicted octanol–water partition coefficient (Wildman–Crippen LogP) is 20.7. The number of hydrogen-bond donors (Lipinski definition) is 0. The van der Waals surface area contributed by atoms with Crippen molar-refractivity contribution in [1.29, 1.82) is 0 Å². The number of hydrogen-bond acceptors (Lipinski definition) is 6. The fraction of sp³-hybridized carbons (Fsp3) is 0.687. The zero-order valence-electron chi connectivity index (χ0n) is 47.6. The number of allylic oxidation sites excluding steroid dienone is 18. The van der Waals surface area contributed by atoms with Crippen LogP contribution in [0.3, 0.4) is 0 Å². The molecule has 0 aliphatic carbocycles. The summed E-state index contributed by atoms with van der Waals surface area (Å²) in [6.45, 7) is 6.45. The molecule has 0 aliphatic rings. The molecular weight excluding hydrogens is 901 g/mol. The van der Waals surface area contributed by atoms with Crippen molar-refractivity contribution in [1.82, 2.24) is 0 Å². The van der Waals surface area contributed by atoms with Crippen molar-refractivity contribution >= 4 is 17.9 Å². The van der Waals surface area contributed by atoms with Gasteiger partial charge < -0.3 is 14.2 Å². The van der Waals surface area contributed by atoms with Gasteiger partial charge in [0.2, 0.25) is 0 Å². The van der Waals surface area contributed by atoms with Crippen LogP contribution in [0.4, 0.5) is 0 Å². The van der Waals surface area contributed by atoms with Crippen molar-refractivity contribution in [3.8, 4) is 0 Å². The summed E-state index contributed by atoms with van der Waals surface area (Å²) in [7, 11) is 0. The minimum Gasteiger partial charge on any atom is -0.462 e. The van der Waals surface area contributed by atoms with Gasteiger partial charge >= 0.3 is 17.9 Å². The van der Waals surface area contributed by atoms with E-state index in [1.807, 2.05) is 0 Å². The largest absolute Gasteiger partial charge is 0.462 e. The van der Waals surface area contributed by atoms with Crippen LogP contribution < -0.4 is 0 Å². The van der Waals surface area contributed by atoms with Gasteiger partial charge in [-0.05, 0) is 128 Å². The number of unbranched alkanes of at least 4 members (excludes halogenated alkanes) is 25. The van der Waals surface area contributed by atoms with Crippen LogP contribution in [0.15, 0.2) is 109 Å². The van der Waals surface area contributed by atoms with Crippen LogP contribution >= 0.6 is 0 Å². The highest BCUT2D eigenvalue weighted by molar-refractivity contribution is 5.71. The Morgan fingerprint density at radius 3 is 0.836 bits per heavy atom. The van der Waals surface area contributed by atoms with Crippen LogP contribution in [0.5, 0.6) is 0 Å². The van der Waals surface area contributed by atoms with Gasteiger partial charge in [0.05, 0.1) is 0 Å². The molecule has 1 unspecified atom stereocenters. The third-order valence-electron chi connectivity index (χ3n) is 12.7. The molecule has 416 valence electrons. The summed E-state index contributed by atoms with van der Waals surface area (Å²) in [5.41, 5.74) is 0. The van der Waals surface area contributed by atoms with E-state index < -0.39 is 6.10 Å². The minimum atomic E-state index is -0.800. The van der Waals surface area contributed by atoms with E-state index in [1.165, 1.54) is 116 Å². The summed E-state index contributed by atoms with van der Waals surface area (Å²) in [5, 5.41) is 0. The lowest BCUT2D eigenvalue weighted by Gasteiger charge is -2.18. The molecule has 73 heavy (non-hydrogen) atoms. The molecule has 0 aromatic heterocycles. The van der Waals surface area contributed by atoms with Crippen molar-refractivity contribution in [2.45, 2.75) is 284 Å². The van der Waals surface area contributed by atoms with E-state index in [-0.39, 0.29) is 31.1 Å². The fourth-order valence-corrected chi connectivity index (χ4v) is 8.18. The van der Waals surface area contributed by atoms with Gasteiger partial charge in [-0.25, -0.2) is 0 Å². The Kier molecular flexibility index (Phi) is 57.4. The molecule has 0 spiro atoms. The van der Waals surface area contributed by atoms with Crippen LogP contribution in [0.1, 0.15) is 278 Å². The van der Waals surface area contributed by atoms with Crippen molar-refractivity contribution in [3.05, 3.63) is 109 Å². The molecule has 0 aromatic carbocycles. The maximum absolute atomic E-state index is 12.9. The van der Waals surface area contributed by atoms with Gasteiger partial charge in [-0.2, -0.15) is 0 Å². The Bertz CT molecular complexity index is 1490. The Morgan fingerprint density at radius 2 is 0.534 bits per heavy atom. The summed E-state index contributed by atoms with van der Waals surface area (Å²) in [6, 6.07) is 0. The lowest BCUT2D eigenvalue weighted by atomic mass is 10.1. The summed E-state index contributed by atoms with van der Waals surface area (Å²) in [5.74, 6) is -0.931. The van der Waals surface area contributed by atoms with Crippen molar-refractivity contribution in [2.75, 3.05) is 13.2 Å². The molecule has 1 atom stereocenters. The van der Waals surface area contributed by atoms with Gasteiger partial charge in [-0.15, -0.1) is 0 Å². The van der Waals surface area contributed by atoms with Crippen LogP contribution in [0, 0.1) is 0 Å². The maximum atomic E-state index is 12.9. The molecule has 0 heterocycles. The average molecular weight is 1010 g/mol. The first-order valence-electron chi connectivity index (χ1n) is 30.4. The van der Waals surface area contributed by atoms with E-state index >= 15 is 0 Å². The van der Waals surface area contributed by atoms with E-state index in [4.69, 9.17) is 14.2 Å². The van der Waals surface area contributed by atoms with Gasteiger partial charge in [-0.3, -0.25) is 14.4 Å². The molecule has 0 bridgehead atoms. The molecule has 0 rings (SSSR count). The lowest BCUT2D eigenvalue weighted by Crippen LogP contribution is -2.30. The van der Waals surface area contributed by atoms with Crippen molar-refractivity contribution in [2.24, 2.45) is 0 Å². The second-order valence-electron chi connectivity index (χ2n) is 19.9. The molecule has 0 radical (unpaired) electrons. The third-order valence-corrected chi connectivity index (χ3v) is 12.7. The first-order chi connectivity index (χ1) is 36.0. The van der Waals surface area contributed by atoms with E-state index in [1.54, 1.807) is 0 Å². The molecular formula is C67H112O6. The standard InChI is InChI=1S/C67H112O6/c1-4-7-10-13-16-19-22-25-28-31-33-36-39-42-45-48-51-54-57-60-66(69)72-63-64(62-71-65(68)59-56-53-50-47-44-41-38-35-30-27-24-21-18-15-12-9-6-3)73-67(70)61-58-55-52-49-46-43-40-37-34-32-29-26-23-20-17-14-11-8-5-2/h9,12,16-21,25-30,33,36,38,41,64H,4-8,10-11,13-15,22-24,31-32,34-35,37,39-40,42-63H2,1-3H3/b12-9-,19-16-,20-17-,21-18-,28-25-,29-26-,30-27-,36-33-,41-38-. The molecule has 0 fully saturated rings. The normalized spacial score (nSPS) is 12.9. The molecule has 0 saturated heterocycles. The topological polar surface area (TPSA) is 78.9 Å². The van der Waals surface area contributed by atoms with Gasteiger partial charge in [0, 0.05) is 19.3 Å². The fourth-order valence-electron chi connectivity index (χ4n) is 8.18. The monoisotopic (exact) mass is 1010 g/mol. The van der Waals surface area contributed by atoms with Crippen LogP contribution in [-0.2, 0) is 28.6 Å². The Labute approximate surface area is 450 Å². The van der Waals surface area contributed by atoms with Crippen LogP contribution in [-0.4, -0.2) is 37.2 Å². The number of carbonyl (C=O) groups excluding carboxylic acids is 3. The first-order valence-corrected chi connectivity index (χ1v) is 30.4. The number of rotatable bonds is 54. The SMILES string of the molecule is CC/C=C\C/C=C\C/C=C\C/C=C\CCCCCCC(=O)OCC(COC(=O)CCCCCCCC/C=C\C/C=C\C/C=C\CCCCC)OC(=O)CCCCCCCCCCC/C=C\C/C=C\CCCCC. The summed E-state index contributed by atoms with van der Waals surface area (Å²) in [6.07, 6.45) is 82.1. The summed E-state index contributed by atoms with van der Waals surface area (Å²) < 4.78 is 16.9. The number of carbonyl (C=O) groups is 3. The van der Waals surface area contributed by atoms with E-state index in [2.05, 4.69) is 130 Å². The molecule has 0 N–H and O–H groups in total. The molecule has 6 heteroatoms. The van der Waals surface area contributed by atoms with Crippen LogP contribution in [0.25, 0.3) is 0 Å². The van der Waals surface area contributed by atoms with E-state index in [9.17, 15) is 14.4 Å². The second-order valence-corrected chi connectivity index (χ2v) is 19.9. The Hall–Kier alpha value is -3.93. The second kappa shape index (κ2) is 60.6. The van der Waals surface area contributed by atoms with Crippen molar-refractivity contribution in [3.63, 3.8) is 0 Å². The molecule has 0 aliphatic heterocycles. The molecule has 0 saturated carbocycles.